The highest BCUT2D eigenvalue weighted by atomic mass is 35.5. The van der Waals surface area contributed by atoms with E-state index in [1.54, 1.807) is 32.3 Å². The zero-order valence-electron chi connectivity index (χ0n) is 26.0. The minimum atomic E-state index is -4.05. The van der Waals surface area contributed by atoms with E-state index < -0.39 is 39.8 Å². The Kier molecular flexibility index (Phi) is 11.7. The van der Waals surface area contributed by atoms with Gasteiger partial charge in [-0.05, 0) is 59.7 Å². The van der Waals surface area contributed by atoms with Crippen LogP contribution in [0.25, 0.3) is 0 Å². The van der Waals surface area contributed by atoms with Gasteiger partial charge in [0, 0.05) is 50.8 Å². The van der Waals surface area contributed by atoms with Gasteiger partial charge in [-0.3, -0.25) is 9.78 Å². The van der Waals surface area contributed by atoms with Crippen molar-refractivity contribution < 1.29 is 41.0 Å². The Balaban J connectivity index is 1.41. The summed E-state index contributed by atoms with van der Waals surface area (Å²) in [6.07, 6.45) is 3.56. The SMILES string of the molecule is CN(C)C(=O)c1cccc(CS(=O)(=O)N2CCS[C@H]2C(=O)O[C@@H](Cc2c(Cl)cncc2Cl)c2ccc(OC(F)F)c(OCC3CC3)c2)c1. The van der Waals surface area contributed by atoms with Crippen molar-refractivity contribution in [3.63, 3.8) is 0 Å². The molecule has 1 aliphatic carbocycles. The second-order valence-electron chi connectivity index (χ2n) is 11.5. The van der Waals surface area contributed by atoms with E-state index in [0.717, 1.165) is 28.9 Å². The van der Waals surface area contributed by atoms with Crippen LogP contribution in [0.1, 0.15) is 46.0 Å². The van der Waals surface area contributed by atoms with Gasteiger partial charge in [0.2, 0.25) is 10.0 Å². The molecule has 0 bridgehead atoms. The number of rotatable bonds is 14. The Hall–Kier alpha value is -3.17. The van der Waals surface area contributed by atoms with Gasteiger partial charge in [-0.1, -0.05) is 41.4 Å². The largest absolute Gasteiger partial charge is 0.489 e. The van der Waals surface area contributed by atoms with Gasteiger partial charge in [0.15, 0.2) is 16.9 Å². The van der Waals surface area contributed by atoms with Gasteiger partial charge in [0.1, 0.15) is 6.10 Å². The molecular weight excluding hydrogens is 711 g/mol. The van der Waals surface area contributed by atoms with Crippen molar-refractivity contribution in [3.05, 3.63) is 87.2 Å². The predicted octanol–water partition coefficient (Wildman–Crippen LogP) is 6.21. The molecule has 48 heavy (non-hydrogen) atoms. The highest BCUT2D eigenvalue weighted by Gasteiger charge is 2.41. The molecule has 2 atom stereocenters. The molecule has 1 aromatic heterocycles. The average molecular weight is 745 g/mol. The van der Waals surface area contributed by atoms with Crippen molar-refractivity contribution in [3.8, 4) is 11.5 Å². The Labute approximate surface area is 291 Å². The van der Waals surface area contributed by atoms with Crippen LogP contribution in [0.15, 0.2) is 54.9 Å². The third kappa shape index (κ3) is 9.08. The third-order valence-corrected chi connectivity index (χ3v) is 11.4. The van der Waals surface area contributed by atoms with E-state index in [1.807, 2.05) is 0 Å². The van der Waals surface area contributed by atoms with Crippen LogP contribution in [-0.2, 0) is 31.7 Å². The van der Waals surface area contributed by atoms with Crippen molar-refractivity contribution in [2.24, 2.45) is 5.92 Å². The summed E-state index contributed by atoms with van der Waals surface area (Å²) >= 11 is 13.9. The molecule has 2 fully saturated rings. The number of halogens is 4. The maximum atomic E-state index is 13.8. The lowest BCUT2D eigenvalue weighted by Crippen LogP contribution is -2.41. The number of carbonyl (C=O) groups is 2. The number of hydrogen-bond acceptors (Lipinski definition) is 9. The van der Waals surface area contributed by atoms with E-state index >= 15 is 0 Å². The molecule has 10 nitrogen and oxygen atoms in total. The number of nitrogens with zero attached hydrogens (tertiary/aromatic N) is 3. The second kappa shape index (κ2) is 15.6. The Morgan fingerprint density at radius 1 is 1.08 bits per heavy atom. The van der Waals surface area contributed by atoms with E-state index in [1.165, 1.54) is 41.6 Å². The van der Waals surface area contributed by atoms with Gasteiger partial charge < -0.3 is 19.1 Å². The maximum absolute atomic E-state index is 13.8. The molecule has 1 aliphatic heterocycles. The normalized spacial score (nSPS) is 17.3. The molecule has 0 radical (unpaired) electrons. The second-order valence-corrected chi connectivity index (χ2v) is 15.5. The molecule has 2 heterocycles. The molecule has 0 N–H and O–H groups in total. The van der Waals surface area contributed by atoms with E-state index in [9.17, 15) is 26.8 Å². The first-order valence-corrected chi connectivity index (χ1v) is 18.4. The van der Waals surface area contributed by atoms with Crippen molar-refractivity contribution in [2.45, 2.75) is 43.1 Å². The topological polar surface area (TPSA) is 115 Å². The fourth-order valence-corrected chi connectivity index (χ4v) is 8.75. The number of aromatic nitrogens is 1. The average Bonchev–Trinajstić information content (AvgIpc) is 3.72. The smallest absolute Gasteiger partial charge is 0.387 e. The molecule has 1 saturated carbocycles. The van der Waals surface area contributed by atoms with E-state index in [-0.39, 0.29) is 40.4 Å². The summed E-state index contributed by atoms with van der Waals surface area (Å²) in [4.78, 5) is 31.6. The molecule has 2 aliphatic rings. The van der Waals surface area contributed by atoms with E-state index in [2.05, 4.69) is 9.72 Å². The third-order valence-electron chi connectivity index (χ3n) is 7.66. The molecule has 0 unspecified atom stereocenters. The number of benzene rings is 2. The zero-order valence-corrected chi connectivity index (χ0v) is 29.1. The Morgan fingerprint density at radius 2 is 1.81 bits per heavy atom. The minimum Gasteiger partial charge on any atom is -0.489 e. The Morgan fingerprint density at radius 3 is 2.48 bits per heavy atom. The number of alkyl halides is 2. The number of ether oxygens (including phenoxy) is 3. The van der Waals surface area contributed by atoms with Gasteiger partial charge >= 0.3 is 12.6 Å². The summed E-state index contributed by atoms with van der Waals surface area (Å²) < 4.78 is 71.3. The van der Waals surface area contributed by atoms with Gasteiger partial charge in [0.05, 0.1) is 22.4 Å². The van der Waals surface area contributed by atoms with Crippen molar-refractivity contribution in [1.82, 2.24) is 14.2 Å². The number of carbonyl (C=O) groups excluding carboxylic acids is 2. The highest BCUT2D eigenvalue weighted by molar-refractivity contribution is 8.01. The molecular formula is C32H33Cl2F2N3O7S2. The lowest BCUT2D eigenvalue weighted by Gasteiger charge is -2.26. The lowest BCUT2D eigenvalue weighted by atomic mass is 10.0. The van der Waals surface area contributed by atoms with Crippen LogP contribution in [0.3, 0.4) is 0 Å². The van der Waals surface area contributed by atoms with Crippen molar-refractivity contribution in [2.75, 3.05) is 33.0 Å². The molecule has 2 aromatic carbocycles. The molecule has 5 rings (SSSR count). The monoisotopic (exact) mass is 743 g/mol. The predicted molar refractivity (Wildman–Crippen MR) is 178 cm³/mol. The van der Waals surface area contributed by atoms with Crippen LogP contribution in [0.5, 0.6) is 11.5 Å². The van der Waals surface area contributed by atoms with Gasteiger partial charge in [-0.15, -0.1) is 11.8 Å². The molecule has 1 amide bonds. The molecule has 1 saturated heterocycles. The summed E-state index contributed by atoms with van der Waals surface area (Å²) in [6, 6.07) is 10.5. The summed E-state index contributed by atoms with van der Waals surface area (Å²) in [5, 5.41) is -0.791. The number of esters is 1. The first kappa shape index (κ1) is 36.1. The standard InChI is InChI=1S/C32H33Cl2F2N3O7S2/c1-38(2)29(40)22-5-3-4-20(12-22)18-48(42,43)39-10-11-47-30(39)31(41)45-27(14-23-24(33)15-37-16-25(23)34)21-8-9-26(46-32(35)36)28(13-21)44-17-19-6-7-19/h3-5,8-9,12-13,15-16,19,27,30,32H,6-7,10-11,14,17-18H2,1-2H3/t27-,30-/m0/s1. The number of thioether (sulfide) groups is 1. The number of hydrogen-bond donors (Lipinski definition) is 0. The van der Waals surface area contributed by atoms with Crippen molar-refractivity contribution >= 4 is 56.9 Å². The number of sulfonamides is 1. The molecule has 0 spiro atoms. The summed E-state index contributed by atoms with van der Waals surface area (Å²) in [5.41, 5.74) is 1.49. The fourth-order valence-electron chi connectivity index (χ4n) is 5.04. The first-order valence-electron chi connectivity index (χ1n) is 14.9. The number of amides is 1. The van der Waals surface area contributed by atoms with Crippen LogP contribution in [0.2, 0.25) is 10.0 Å². The summed E-state index contributed by atoms with van der Waals surface area (Å²) in [5.74, 6) is -1.05. The Bertz CT molecular complexity index is 1740. The fraction of sp³-hybridized carbons (Fsp3) is 0.406. The van der Waals surface area contributed by atoms with Crippen LogP contribution >= 0.6 is 35.0 Å². The van der Waals surface area contributed by atoms with Gasteiger partial charge in [-0.2, -0.15) is 13.1 Å². The highest BCUT2D eigenvalue weighted by Crippen LogP contribution is 2.39. The summed E-state index contributed by atoms with van der Waals surface area (Å²) in [7, 11) is -0.851. The summed E-state index contributed by atoms with van der Waals surface area (Å²) in [6.45, 7) is -2.73. The van der Waals surface area contributed by atoms with Gasteiger partial charge in [-0.25, -0.2) is 13.2 Å². The van der Waals surface area contributed by atoms with E-state index in [0.29, 0.717) is 40.5 Å². The number of pyridine rings is 1. The van der Waals surface area contributed by atoms with Crippen LogP contribution in [-0.4, -0.2) is 79.5 Å². The quantitative estimate of drug-likeness (QED) is 0.178. The van der Waals surface area contributed by atoms with Gasteiger partial charge in [0.25, 0.3) is 5.91 Å². The van der Waals surface area contributed by atoms with E-state index in [4.69, 9.17) is 32.7 Å². The van der Waals surface area contributed by atoms with Crippen LogP contribution in [0.4, 0.5) is 8.78 Å². The van der Waals surface area contributed by atoms with Crippen LogP contribution in [0, 0.1) is 5.92 Å². The zero-order chi connectivity index (χ0) is 34.6. The molecule has 3 aromatic rings. The lowest BCUT2D eigenvalue weighted by molar-refractivity contribution is -0.150. The van der Waals surface area contributed by atoms with Crippen molar-refractivity contribution in [1.29, 1.82) is 0 Å². The van der Waals surface area contributed by atoms with Crippen LogP contribution < -0.4 is 9.47 Å². The maximum Gasteiger partial charge on any atom is 0.387 e. The molecule has 258 valence electrons. The first-order chi connectivity index (χ1) is 22.8. The minimum absolute atomic E-state index is 0.0418. The molecule has 16 heteroatoms.